The molecule has 2 aromatic rings. The Balaban J connectivity index is 1.80. The van der Waals surface area contributed by atoms with E-state index in [1.54, 1.807) is 24.3 Å². The van der Waals surface area contributed by atoms with Gasteiger partial charge in [-0.25, -0.2) is 0 Å². The van der Waals surface area contributed by atoms with Crippen molar-refractivity contribution in [1.82, 2.24) is 0 Å². The molecule has 0 N–H and O–H groups in total. The molecule has 0 unspecified atom stereocenters. The van der Waals surface area contributed by atoms with Gasteiger partial charge in [-0.15, -0.1) is 0 Å². The minimum atomic E-state index is -0.158. The molecule has 25 heavy (non-hydrogen) atoms. The maximum absolute atomic E-state index is 12.4. The smallest absolute Gasteiger partial charge is 0.231 e. The fraction of sp³-hybridized carbons (Fsp3) is 0.143. The predicted octanol–water partition coefficient (Wildman–Crippen LogP) is 4.14. The molecular formula is C21H18O4. The van der Waals surface area contributed by atoms with E-state index in [1.807, 2.05) is 43.3 Å². The summed E-state index contributed by atoms with van der Waals surface area (Å²) in [5.41, 5.74) is 2.26. The topological polar surface area (TPSA) is 52.6 Å². The number of carbonyl (C=O) groups excluding carboxylic acids is 2. The van der Waals surface area contributed by atoms with Gasteiger partial charge in [0.15, 0.2) is 11.5 Å². The minimum Gasteiger partial charge on any atom is -0.485 e. The van der Waals surface area contributed by atoms with E-state index < -0.39 is 0 Å². The van der Waals surface area contributed by atoms with Crippen molar-refractivity contribution in [1.29, 1.82) is 0 Å². The Morgan fingerprint density at radius 2 is 1.92 bits per heavy atom. The SMILES string of the molecule is CC(=O)COc1ccc2c(c1C)O/C(=C\C=C\c1ccccc1)C2=O. The second kappa shape index (κ2) is 7.18. The van der Waals surface area contributed by atoms with E-state index in [1.165, 1.54) is 6.92 Å². The van der Waals surface area contributed by atoms with Crippen LogP contribution in [0.3, 0.4) is 0 Å². The zero-order valence-corrected chi connectivity index (χ0v) is 14.1. The lowest BCUT2D eigenvalue weighted by Crippen LogP contribution is -2.07. The Kier molecular flexibility index (Phi) is 4.80. The molecule has 126 valence electrons. The minimum absolute atomic E-state index is 0.00389. The highest BCUT2D eigenvalue weighted by Crippen LogP contribution is 2.38. The molecule has 0 saturated heterocycles. The summed E-state index contributed by atoms with van der Waals surface area (Å²) in [7, 11) is 0. The van der Waals surface area contributed by atoms with Crippen LogP contribution in [-0.4, -0.2) is 18.2 Å². The van der Waals surface area contributed by atoms with Crippen molar-refractivity contribution in [3.63, 3.8) is 0 Å². The van der Waals surface area contributed by atoms with E-state index in [2.05, 4.69) is 0 Å². The van der Waals surface area contributed by atoms with Crippen molar-refractivity contribution in [3.8, 4) is 11.5 Å². The van der Waals surface area contributed by atoms with Gasteiger partial charge in [-0.2, -0.15) is 0 Å². The van der Waals surface area contributed by atoms with Gasteiger partial charge in [0.25, 0.3) is 0 Å². The highest BCUT2D eigenvalue weighted by molar-refractivity contribution is 6.12. The highest BCUT2D eigenvalue weighted by Gasteiger charge is 2.29. The van der Waals surface area contributed by atoms with Crippen molar-refractivity contribution >= 4 is 17.6 Å². The summed E-state index contributed by atoms with van der Waals surface area (Å²) < 4.78 is 11.2. The predicted molar refractivity (Wildman–Crippen MR) is 95.9 cm³/mol. The normalized spacial score (nSPS) is 14.6. The third kappa shape index (κ3) is 3.69. The molecule has 0 aromatic heterocycles. The molecular weight excluding hydrogens is 316 g/mol. The second-order valence-electron chi connectivity index (χ2n) is 5.79. The summed E-state index contributed by atoms with van der Waals surface area (Å²) in [5.74, 6) is 1.08. The number of carbonyl (C=O) groups is 2. The average Bonchev–Trinajstić information content (AvgIpc) is 2.92. The standard InChI is InChI=1S/C21H18O4/c1-14(22)13-24-18-12-11-17-20(23)19(25-21(17)15(18)2)10-6-9-16-7-4-3-5-8-16/h3-12H,13H2,1-2H3/b9-6+,19-10-. The molecule has 4 nitrogen and oxygen atoms in total. The van der Waals surface area contributed by atoms with Gasteiger partial charge in [-0.1, -0.05) is 42.5 Å². The molecule has 1 heterocycles. The molecule has 0 bridgehead atoms. The number of Topliss-reactive ketones (excluding diaryl/α,β-unsaturated/α-hetero) is 2. The number of hydrogen-bond donors (Lipinski definition) is 0. The lowest BCUT2D eigenvalue weighted by Gasteiger charge is -2.10. The molecule has 2 aromatic carbocycles. The Morgan fingerprint density at radius 1 is 1.16 bits per heavy atom. The molecule has 0 atom stereocenters. The number of hydrogen-bond acceptors (Lipinski definition) is 4. The summed E-state index contributed by atoms with van der Waals surface area (Å²) in [6.07, 6.45) is 5.35. The van der Waals surface area contributed by atoms with Gasteiger partial charge >= 0.3 is 0 Å². The molecule has 0 spiro atoms. The zero-order chi connectivity index (χ0) is 17.8. The van der Waals surface area contributed by atoms with Crippen LogP contribution in [0.2, 0.25) is 0 Å². The Hall–Kier alpha value is -3.14. The van der Waals surface area contributed by atoms with Crippen LogP contribution in [0.5, 0.6) is 11.5 Å². The molecule has 0 radical (unpaired) electrons. The van der Waals surface area contributed by atoms with Crippen LogP contribution in [-0.2, 0) is 4.79 Å². The first-order valence-corrected chi connectivity index (χ1v) is 7.98. The lowest BCUT2D eigenvalue weighted by molar-refractivity contribution is -0.118. The van der Waals surface area contributed by atoms with Crippen molar-refractivity contribution in [2.45, 2.75) is 13.8 Å². The van der Waals surface area contributed by atoms with E-state index in [0.717, 1.165) is 5.56 Å². The fourth-order valence-electron chi connectivity index (χ4n) is 2.53. The molecule has 0 saturated carbocycles. The largest absolute Gasteiger partial charge is 0.485 e. The summed E-state index contributed by atoms with van der Waals surface area (Å²) in [6.45, 7) is 3.27. The molecule has 3 rings (SSSR count). The van der Waals surface area contributed by atoms with E-state index in [0.29, 0.717) is 22.6 Å². The van der Waals surface area contributed by atoms with Gasteiger partial charge in [0.05, 0.1) is 5.56 Å². The van der Waals surface area contributed by atoms with E-state index >= 15 is 0 Å². The fourth-order valence-corrected chi connectivity index (χ4v) is 2.53. The third-order valence-electron chi connectivity index (χ3n) is 3.80. The van der Waals surface area contributed by atoms with Gasteiger partial charge < -0.3 is 9.47 Å². The van der Waals surface area contributed by atoms with E-state index in [9.17, 15) is 9.59 Å². The molecule has 4 heteroatoms. The maximum atomic E-state index is 12.4. The lowest BCUT2D eigenvalue weighted by atomic mass is 10.1. The number of fused-ring (bicyclic) bond motifs is 1. The first kappa shape index (κ1) is 16.7. The van der Waals surface area contributed by atoms with Gasteiger partial charge in [-0.3, -0.25) is 9.59 Å². The molecule has 0 aliphatic carbocycles. The van der Waals surface area contributed by atoms with E-state index in [4.69, 9.17) is 9.47 Å². The van der Waals surface area contributed by atoms with Crippen LogP contribution in [0, 0.1) is 6.92 Å². The molecule has 1 aliphatic heterocycles. The van der Waals surface area contributed by atoms with Crippen LogP contribution >= 0.6 is 0 Å². The quantitative estimate of drug-likeness (QED) is 0.771. The summed E-state index contributed by atoms with van der Waals surface area (Å²) in [6, 6.07) is 13.2. The van der Waals surface area contributed by atoms with Crippen LogP contribution in [0.1, 0.15) is 28.4 Å². The number of ketones is 2. The average molecular weight is 334 g/mol. The Labute approximate surface area is 146 Å². The van der Waals surface area contributed by atoms with Gasteiger partial charge in [-0.05, 0) is 37.6 Å². The monoisotopic (exact) mass is 334 g/mol. The first-order valence-electron chi connectivity index (χ1n) is 7.98. The maximum Gasteiger partial charge on any atom is 0.231 e. The van der Waals surface area contributed by atoms with Crippen molar-refractivity contribution < 1.29 is 19.1 Å². The van der Waals surface area contributed by atoms with E-state index in [-0.39, 0.29) is 23.9 Å². The van der Waals surface area contributed by atoms with Crippen LogP contribution in [0.4, 0.5) is 0 Å². The first-order chi connectivity index (χ1) is 12.1. The number of benzene rings is 2. The van der Waals surface area contributed by atoms with Crippen LogP contribution < -0.4 is 9.47 Å². The Morgan fingerprint density at radius 3 is 2.64 bits per heavy atom. The summed E-state index contributed by atoms with van der Waals surface area (Å²) in [4.78, 5) is 23.5. The zero-order valence-electron chi connectivity index (χ0n) is 14.1. The molecule has 0 fully saturated rings. The van der Waals surface area contributed by atoms with Crippen LogP contribution in [0.15, 0.2) is 60.4 Å². The van der Waals surface area contributed by atoms with Crippen molar-refractivity contribution in [3.05, 3.63) is 77.1 Å². The summed E-state index contributed by atoms with van der Waals surface area (Å²) in [5, 5.41) is 0. The van der Waals surface area contributed by atoms with Gasteiger partial charge in [0.2, 0.25) is 5.78 Å². The number of allylic oxidation sites excluding steroid dienone is 3. The Bertz CT molecular complexity index is 876. The van der Waals surface area contributed by atoms with Crippen molar-refractivity contribution in [2.24, 2.45) is 0 Å². The van der Waals surface area contributed by atoms with Gasteiger partial charge in [0, 0.05) is 5.56 Å². The highest BCUT2D eigenvalue weighted by atomic mass is 16.5. The summed E-state index contributed by atoms with van der Waals surface area (Å²) >= 11 is 0. The number of ether oxygens (including phenoxy) is 2. The van der Waals surface area contributed by atoms with Crippen LogP contribution in [0.25, 0.3) is 6.08 Å². The number of rotatable bonds is 5. The third-order valence-corrected chi connectivity index (χ3v) is 3.80. The van der Waals surface area contributed by atoms with Gasteiger partial charge in [0.1, 0.15) is 18.1 Å². The van der Waals surface area contributed by atoms with Crippen molar-refractivity contribution in [2.75, 3.05) is 6.61 Å². The molecule has 1 aliphatic rings. The second-order valence-corrected chi connectivity index (χ2v) is 5.79. The molecule has 0 amide bonds.